The highest BCUT2D eigenvalue weighted by Crippen LogP contribution is 2.30. The topological polar surface area (TPSA) is 228 Å². The third-order valence-corrected chi connectivity index (χ3v) is 13.5. The van der Waals surface area contributed by atoms with E-state index < -0.39 is 86.8 Å². The molecule has 80 heavy (non-hydrogen) atoms. The normalized spacial score (nSPS) is 25.3. The lowest BCUT2D eigenvalue weighted by Crippen LogP contribution is -2.65. The molecule has 0 saturated carbocycles. The molecule has 9 N–H and O–H groups in total. The van der Waals surface area contributed by atoms with Crippen molar-refractivity contribution < 1.29 is 64.6 Å². The van der Waals surface area contributed by atoms with Crippen LogP contribution in [0.25, 0.3) is 0 Å². The van der Waals surface area contributed by atoms with Crippen molar-refractivity contribution in [3.05, 3.63) is 146 Å². The largest absolute Gasteiger partial charge is 0.394 e. The number of nitrogens with one attached hydrogen (secondary N) is 1. The SMILES string of the molecule is CC/C=C\C/C=C\C/C=C\C/C=C\C/C=C\C/C=C\C/C=C\C/C=C\C/C=C\C/C=C\CCCCCCCCCCC(=O)NC(COC1OC(CO)C(OC2OC(CO)C(O)C(O)C2O)C(O)C1O)C(O)/C=C/CC/C=C/CCC. The molecule has 2 saturated heterocycles. The van der Waals surface area contributed by atoms with Crippen molar-refractivity contribution in [1.29, 1.82) is 0 Å². The fourth-order valence-corrected chi connectivity index (χ4v) is 8.69. The number of hydrogen-bond acceptors (Lipinski definition) is 13. The molecule has 0 aromatic heterocycles. The van der Waals surface area contributed by atoms with Crippen LogP contribution in [0.4, 0.5) is 0 Å². The van der Waals surface area contributed by atoms with Gasteiger partial charge >= 0.3 is 0 Å². The summed E-state index contributed by atoms with van der Waals surface area (Å²) in [4.78, 5) is 13.2. The van der Waals surface area contributed by atoms with Crippen LogP contribution in [0.2, 0.25) is 0 Å². The van der Waals surface area contributed by atoms with Crippen LogP contribution in [0.1, 0.15) is 168 Å². The number of rotatable bonds is 45. The maximum absolute atomic E-state index is 13.2. The van der Waals surface area contributed by atoms with Crippen LogP contribution in [0.15, 0.2) is 146 Å². The Morgan fingerprint density at radius 2 is 0.875 bits per heavy atom. The van der Waals surface area contributed by atoms with E-state index in [9.17, 15) is 45.6 Å². The van der Waals surface area contributed by atoms with E-state index in [-0.39, 0.29) is 18.9 Å². The van der Waals surface area contributed by atoms with Crippen molar-refractivity contribution in [3.63, 3.8) is 0 Å². The Morgan fingerprint density at radius 1 is 0.463 bits per heavy atom. The maximum atomic E-state index is 13.2. The smallest absolute Gasteiger partial charge is 0.220 e. The predicted molar refractivity (Wildman–Crippen MR) is 322 cm³/mol. The van der Waals surface area contributed by atoms with Crippen molar-refractivity contribution in [1.82, 2.24) is 5.32 Å². The van der Waals surface area contributed by atoms with Crippen LogP contribution in [-0.2, 0) is 23.7 Å². The summed E-state index contributed by atoms with van der Waals surface area (Å²) in [5.41, 5.74) is 0. The number of ether oxygens (including phenoxy) is 4. The van der Waals surface area contributed by atoms with Gasteiger partial charge in [0.25, 0.3) is 0 Å². The minimum atomic E-state index is -1.80. The van der Waals surface area contributed by atoms with Gasteiger partial charge in [-0.1, -0.05) is 205 Å². The fraction of sp³-hybridized carbons (Fsp3) is 0.621. The first-order chi connectivity index (χ1) is 39.1. The number of amides is 1. The highest BCUT2D eigenvalue weighted by Gasteiger charge is 2.51. The van der Waals surface area contributed by atoms with Gasteiger partial charge in [-0.3, -0.25) is 4.79 Å². The van der Waals surface area contributed by atoms with Crippen LogP contribution in [0, 0.1) is 0 Å². The summed E-state index contributed by atoms with van der Waals surface area (Å²) in [6, 6.07) is -0.943. The standard InChI is InChI=1S/C66H105NO13/c1-3-5-7-9-11-12-13-14-15-16-17-18-19-20-21-22-23-24-25-26-27-28-29-30-31-32-33-34-35-36-37-38-39-40-41-42-44-46-48-50-58(71)67-54(55(70)49-47-45-43-10-8-6-4-2)53-77-65-63(76)61(74)64(57(52-69)79-65)80-66-62(75)60(73)59(72)56(51-68)78-66/h5,7-8,10-12,14-15,17-18,20-21,23-24,26-27,29-30,32-33,35-36,47,49,54-57,59-66,68-70,72-76H,3-4,6,9,13,16,19,22,25,28,31,34,37-46,48,50-53H2,1-2H3,(H,67,71)/b7-5-,10-8+,12-11-,15-14-,18-17-,21-20-,24-23-,27-26-,30-29-,33-32-,36-35-,49-47+. The van der Waals surface area contributed by atoms with E-state index in [4.69, 9.17) is 18.9 Å². The third kappa shape index (κ3) is 34.3. The molecule has 14 nitrogen and oxygen atoms in total. The number of hydrogen-bond donors (Lipinski definition) is 9. The van der Waals surface area contributed by atoms with Gasteiger partial charge < -0.3 is 65.1 Å². The predicted octanol–water partition coefficient (Wildman–Crippen LogP) is 10.5. The number of unbranched alkanes of at least 4 members (excludes halogenated alkanes) is 10. The first-order valence-electron chi connectivity index (χ1n) is 30.1. The monoisotopic (exact) mass is 1120 g/mol. The van der Waals surface area contributed by atoms with E-state index in [1.807, 2.05) is 6.08 Å². The van der Waals surface area contributed by atoms with Gasteiger partial charge in [0.15, 0.2) is 12.6 Å². The Balaban J connectivity index is 1.59. The van der Waals surface area contributed by atoms with Gasteiger partial charge in [0, 0.05) is 6.42 Å². The van der Waals surface area contributed by atoms with Crippen molar-refractivity contribution >= 4 is 5.91 Å². The highest BCUT2D eigenvalue weighted by molar-refractivity contribution is 5.76. The molecule has 452 valence electrons. The molecule has 0 spiro atoms. The quantitative estimate of drug-likeness (QED) is 0.0205. The van der Waals surface area contributed by atoms with Crippen molar-refractivity contribution in [2.24, 2.45) is 0 Å². The number of allylic oxidation sites excluding steroid dienone is 23. The molecule has 2 heterocycles. The summed E-state index contributed by atoms with van der Waals surface area (Å²) >= 11 is 0. The van der Waals surface area contributed by atoms with Gasteiger partial charge in [-0.05, 0) is 103 Å². The Labute approximate surface area is 481 Å². The maximum Gasteiger partial charge on any atom is 0.220 e. The molecule has 0 aromatic rings. The lowest BCUT2D eigenvalue weighted by atomic mass is 9.97. The minimum absolute atomic E-state index is 0.253. The molecule has 0 radical (unpaired) electrons. The van der Waals surface area contributed by atoms with Gasteiger partial charge in [0.2, 0.25) is 5.91 Å². The summed E-state index contributed by atoms with van der Waals surface area (Å²) in [6.45, 7) is 2.50. The first-order valence-corrected chi connectivity index (χ1v) is 30.1. The van der Waals surface area contributed by atoms with Crippen LogP contribution in [0.5, 0.6) is 0 Å². The van der Waals surface area contributed by atoms with Gasteiger partial charge in [-0.25, -0.2) is 0 Å². The second-order valence-electron chi connectivity index (χ2n) is 20.4. The lowest BCUT2D eigenvalue weighted by molar-refractivity contribution is -0.359. The summed E-state index contributed by atoms with van der Waals surface area (Å²) in [7, 11) is 0. The van der Waals surface area contributed by atoms with E-state index in [0.29, 0.717) is 12.8 Å². The van der Waals surface area contributed by atoms with E-state index in [1.165, 1.54) is 19.3 Å². The minimum Gasteiger partial charge on any atom is -0.394 e. The zero-order valence-electron chi connectivity index (χ0n) is 48.5. The Kier molecular flexibility index (Phi) is 44.5. The molecule has 12 atom stereocenters. The second kappa shape index (κ2) is 49.5. The Morgan fingerprint density at radius 3 is 1.36 bits per heavy atom. The number of carbonyl (C=O) groups is 1. The average molecular weight is 1120 g/mol. The summed E-state index contributed by atoms with van der Waals surface area (Å²) in [5.74, 6) is -0.271. The molecule has 1 amide bonds. The Hall–Kier alpha value is -4.13. The molecule has 2 aliphatic rings. The van der Waals surface area contributed by atoms with E-state index in [2.05, 4.69) is 153 Å². The molecular weight excluding hydrogens is 1010 g/mol. The fourth-order valence-electron chi connectivity index (χ4n) is 8.69. The molecular formula is C66H105NO13. The number of aliphatic hydroxyl groups excluding tert-OH is 8. The van der Waals surface area contributed by atoms with Gasteiger partial charge in [0.05, 0.1) is 32.0 Å². The lowest BCUT2D eigenvalue weighted by Gasteiger charge is -2.46. The number of carbonyl (C=O) groups excluding carboxylic acids is 1. The summed E-state index contributed by atoms with van der Waals surface area (Å²) in [6.07, 6.45) is 58.1. The Bertz CT molecular complexity index is 1900. The third-order valence-electron chi connectivity index (χ3n) is 13.5. The second-order valence-corrected chi connectivity index (χ2v) is 20.4. The highest BCUT2D eigenvalue weighted by atomic mass is 16.7. The van der Waals surface area contributed by atoms with E-state index in [0.717, 1.165) is 116 Å². The first kappa shape index (κ1) is 72.0. The van der Waals surface area contributed by atoms with Crippen molar-refractivity contribution in [2.75, 3.05) is 19.8 Å². The van der Waals surface area contributed by atoms with Crippen LogP contribution in [-0.4, -0.2) is 140 Å². The van der Waals surface area contributed by atoms with Crippen LogP contribution >= 0.6 is 0 Å². The van der Waals surface area contributed by atoms with E-state index >= 15 is 0 Å². The summed E-state index contributed by atoms with van der Waals surface area (Å²) < 4.78 is 22.6. The average Bonchev–Trinajstić information content (AvgIpc) is 3.48. The van der Waals surface area contributed by atoms with Crippen LogP contribution in [0.3, 0.4) is 0 Å². The molecule has 2 aliphatic heterocycles. The zero-order valence-corrected chi connectivity index (χ0v) is 48.5. The molecule has 14 heteroatoms. The molecule has 12 unspecified atom stereocenters. The van der Waals surface area contributed by atoms with Crippen LogP contribution < -0.4 is 5.32 Å². The van der Waals surface area contributed by atoms with Gasteiger partial charge in [-0.2, -0.15) is 0 Å². The molecule has 2 rings (SSSR count). The molecule has 2 fully saturated rings. The van der Waals surface area contributed by atoms with E-state index in [1.54, 1.807) is 6.08 Å². The van der Waals surface area contributed by atoms with Crippen molar-refractivity contribution in [2.45, 2.75) is 242 Å². The zero-order chi connectivity index (χ0) is 58.1. The molecule has 0 aromatic carbocycles. The molecule has 0 bridgehead atoms. The summed E-state index contributed by atoms with van der Waals surface area (Å²) in [5, 5.41) is 86.5. The number of aliphatic hydroxyl groups is 8. The van der Waals surface area contributed by atoms with Crippen molar-refractivity contribution in [3.8, 4) is 0 Å². The van der Waals surface area contributed by atoms with Gasteiger partial charge in [0.1, 0.15) is 48.8 Å². The van der Waals surface area contributed by atoms with Gasteiger partial charge in [-0.15, -0.1) is 0 Å². The molecule has 0 aliphatic carbocycles.